The van der Waals surface area contributed by atoms with E-state index in [0.717, 1.165) is 13.1 Å². The van der Waals surface area contributed by atoms with Gasteiger partial charge in [0, 0.05) is 19.1 Å². The first-order chi connectivity index (χ1) is 7.20. The summed E-state index contributed by atoms with van der Waals surface area (Å²) in [5.41, 5.74) is 1.40. The summed E-state index contributed by atoms with van der Waals surface area (Å²) < 4.78 is 0. The monoisotopic (exact) mass is 210 g/mol. The second-order valence-corrected chi connectivity index (χ2v) is 4.89. The van der Waals surface area contributed by atoms with Crippen LogP contribution in [0.5, 0.6) is 0 Å². The van der Waals surface area contributed by atoms with E-state index in [1.165, 1.54) is 37.9 Å². The van der Waals surface area contributed by atoms with Gasteiger partial charge in [0.25, 0.3) is 0 Å². The molecular weight excluding hydrogens is 184 g/mol. The first-order valence-electron chi connectivity index (χ1n) is 6.28. The van der Waals surface area contributed by atoms with E-state index in [2.05, 4.69) is 37.1 Å². The predicted molar refractivity (Wildman–Crippen MR) is 67.2 cm³/mol. The number of nitrogens with one attached hydrogen (secondary N) is 1. The number of nitrogens with zero attached hydrogens (tertiary/aromatic N) is 1. The maximum atomic E-state index is 3.50. The summed E-state index contributed by atoms with van der Waals surface area (Å²) in [6.07, 6.45) is 6.45. The highest BCUT2D eigenvalue weighted by Gasteiger charge is 2.15. The minimum Gasteiger partial charge on any atom is -0.312 e. The van der Waals surface area contributed by atoms with Gasteiger partial charge in [-0.3, -0.25) is 4.90 Å². The van der Waals surface area contributed by atoms with Crippen molar-refractivity contribution in [3.05, 3.63) is 11.6 Å². The zero-order chi connectivity index (χ0) is 11.1. The average molecular weight is 210 g/mol. The van der Waals surface area contributed by atoms with Crippen molar-refractivity contribution < 1.29 is 0 Å². The van der Waals surface area contributed by atoms with Crippen LogP contribution in [0.4, 0.5) is 0 Å². The summed E-state index contributed by atoms with van der Waals surface area (Å²) in [5, 5.41) is 3.50. The van der Waals surface area contributed by atoms with Gasteiger partial charge in [-0.25, -0.2) is 0 Å². The molecule has 1 unspecified atom stereocenters. The van der Waals surface area contributed by atoms with Gasteiger partial charge in [0.15, 0.2) is 0 Å². The van der Waals surface area contributed by atoms with Crippen LogP contribution in [0.25, 0.3) is 0 Å². The Morgan fingerprint density at radius 3 is 2.53 bits per heavy atom. The Labute approximate surface area is 94.7 Å². The number of hydrogen-bond donors (Lipinski definition) is 1. The Hall–Kier alpha value is -0.340. The standard InChI is InChI=1S/C13H26N2/c1-12(2)7-8-14-11-13(3)15-9-5-4-6-10-15/h7,13-14H,4-6,8-11H2,1-3H3. The van der Waals surface area contributed by atoms with Crippen LogP contribution in [-0.2, 0) is 0 Å². The number of allylic oxidation sites excluding steroid dienone is 1. The highest BCUT2D eigenvalue weighted by molar-refractivity contribution is 4.94. The van der Waals surface area contributed by atoms with Crippen molar-refractivity contribution in [2.45, 2.75) is 46.1 Å². The van der Waals surface area contributed by atoms with Gasteiger partial charge in [-0.15, -0.1) is 0 Å². The molecule has 88 valence electrons. The molecule has 15 heavy (non-hydrogen) atoms. The number of rotatable bonds is 5. The van der Waals surface area contributed by atoms with Crippen LogP contribution in [-0.4, -0.2) is 37.1 Å². The minimum atomic E-state index is 0.691. The van der Waals surface area contributed by atoms with Crippen molar-refractivity contribution in [3.63, 3.8) is 0 Å². The Bertz CT molecular complexity index is 189. The fourth-order valence-corrected chi connectivity index (χ4v) is 2.06. The molecule has 0 bridgehead atoms. The zero-order valence-electron chi connectivity index (χ0n) is 10.6. The van der Waals surface area contributed by atoms with Gasteiger partial charge in [-0.05, 0) is 46.7 Å². The normalized spacial score (nSPS) is 19.9. The van der Waals surface area contributed by atoms with Gasteiger partial charge >= 0.3 is 0 Å². The minimum absolute atomic E-state index is 0.691. The number of likely N-dealkylation sites (tertiary alicyclic amines) is 1. The largest absolute Gasteiger partial charge is 0.312 e. The highest BCUT2D eigenvalue weighted by Crippen LogP contribution is 2.11. The molecule has 2 nitrogen and oxygen atoms in total. The Morgan fingerprint density at radius 1 is 1.27 bits per heavy atom. The van der Waals surface area contributed by atoms with E-state index >= 15 is 0 Å². The van der Waals surface area contributed by atoms with Gasteiger partial charge in [0.1, 0.15) is 0 Å². The molecule has 1 rings (SSSR count). The summed E-state index contributed by atoms with van der Waals surface area (Å²) >= 11 is 0. The van der Waals surface area contributed by atoms with E-state index in [0.29, 0.717) is 6.04 Å². The summed E-state index contributed by atoms with van der Waals surface area (Å²) in [6, 6.07) is 0.691. The highest BCUT2D eigenvalue weighted by atomic mass is 15.2. The third-order valence-corrected chi connectivity index (χ3v) is 3.11. The molecule has 0 saturated carbocycles. The summed E-state index contributed by atoms with van der Waals surface area (Å²) in [6.45, 7) is 11.4. The molecule has 0 aromatic carbocycles. The van der Waals surface area contributed by atoms with Crippen LogP contribution in [0.15, 0.2) is 11.6 Å². The molecule has 0 aromatic heterocycles. The van der Waals surface area contributed by atoms with Crippen molar-refractivity contribution in [2.24, 2.45) is 0 Å². The molecule has 1 saturated heterocycles. The quantitative estimate of drug-likeness (QED) is 0.554. The fourth-order valence-electron chi connectivity index (χ4n) is 2.06. The van der Waals surface area contributed by atoms with Crippen LogP contribution < -0.4 is 5.32 Å². The first kappa shape index (κ1) is 12.7. The Morgan fingerprint density at radius 2 is 1.93 bits per heavy atom. The van der Waals surface area contributed by atoms with Crippen LogP contribution in [0, 0.1) is 0 Å². The third-order valence-electron chi connectivity index (χ3n) is 3.11. The Balaban J connectivity index is 2.11. The summed E-state index contributed by atoms with van der Waals surface area (Å²) in [7, 11) is 0. The second kappa shape index (κ2) is 7.02. The summed E-state index contributed by atoms with van der Waals surface area (Å²) in [5.74, 6) is 0. The lowest BCUT2D eigenvalue weighted by molar-refractivity contribution is 0.172. The van der Waals surface area contributed by atoms with Gasteiger partial charge in [-0.1, -0.05) is 18.1 Å². The van der Waals surface area contributed by atoms with E-state index < -0.39 is 0 Å². The predicted octanol–water partition coefficient (Wildman–Crippen LogP) is 2.42. The van der Waals surface area contributed by atoms with Crippen LogP contribution in [0.3, 0.4) is 0 Å². The van der Waals surface area contributed by atoms with E-state index in [4.69, 9.17) is 0 Å². The molecule has 0 radical (unpaired) electrons. The molecule has 1 fully saturated rings. The lowest BCUT2D eigenvalue weighted by Crippen LogP contribution is -2.43. The second-order valence-electron chi connectivity index (χ2n) is 4.89. The molecule has 2 heteroatoms. The summed E-state index contributed by atoms with van der Waals surface area (Å²) in [4.78, 5) is 2.61. The van der Waals surface area contributed by atoms with Gasteiger partial charge < -0.3 is 5.32 Å². The van der Waals surface area contributed by atoms with Crippen LogP contribution in [0.2, 0.25) is 0 Å². The van der Waals surface area contributed by atoms with E-state index in [1.54, 1.807) is 0 Å². The Kier molecular flexibility index (Phi) is 5.96. The molecule has 0 aliphatic carbocycles. The van der Waals surface area contributed by atoms with E-state index in [9.17, 15) is 0 Å². The average Bonchev–Trinajstić information content (AvgIpc) is 2.25. The van der Waals surface area contributed by atoms with Crippen molar-refractivity contribution >= 4 is 0 Å². The zero-order valence-corrected chi connectivity index (χ0v) is 10.6. The lowest BCUT2D eigenvalue weighted by Gasteiger charge is -2.32. The van der Waals surface area contributed by atoms with E-state index in [-0.39, 0.29) is 0 Å². The van der Waals surface area contributed by atoms with Crippen molar-refractivity contribution in [3.8, 4) is 0 Å². The van der Waals surface area contributed by atoms with Gasteiger partial charge in [0.2, 0.25) is 0 Å². The maximum absolute atomic E-state index is 3.50. The van der Waals surface area contributed by atoms with Crippen LogP contribution in [0.1, 0.15) is 40.0 Å². The molecule has 1 aliphatic rings. The molecule has 1 aliphatic heterocycles. The topological polar surface area (TPSA) is 15.3 Å². The molecule has 0 spiro atoms. The lowest BCUT2D eigenvalue weighted by atomic mass is 10.1. The molecule has 1 N–H and O–H groups in total. The van der Waals surface area contributed by atoms with Crippen molar-refractivity contribution in [2.75, 3.05) is 26.2 Å². The van der Waals surface area contributed by atoms with Gasteiger partial charge in [0.05, 0.1) is 0 Å². The molecule has 1 heterocycles. The van der Waals surface area contributed by atoms with Crippen molar-refractivity contribution in [1.29, 1.82) is 0 Å². The molecular formula is C13H26N2. The van der Waals surface area contributed by atoms with Gasteiger partial charge in [-0.2, -0.15) is 0 Å². The first-order valence-corrected chi connectivity index (χ1v) is 6.28. The number of hydrogen-bond acceptors (Lipinski definition) is 2. The number of piperidine rings is 1. The SMILES string of the molecule is CC(C)=CCNCC(C)N1CCCCC1. The fraction of sp³-hybridized carbons (Fsp3) is 0.846. The third kappa shape index (κ3) is 5.33. The molecule has 0 amide bonds. The molecule has 1 atom stereocenters. The molecule has 0 aromatic rings. The smallest absolute Gasteiger partial charge is 0.0192 e. The van der Waals surface area contributed by atoms with Crippen molar-refractivity contribution in [1.82, 2.24) is 10.2 Å². The maximum Gasteiger partial charge on any atom is 0.0192 e. The van der Waals surface area contributed by atoms with E-state index in [1.807, 2.05) is 0 Å². The van der Waals surface area contributed by atoms with Crippen LogP contribution >= 0.6 is 0 Å².